The minimum absolute atomic E-state index is 0.0687. The maximum Gasteiger partial charge on any atom is 0.249 e. The smallest absolute Gasteiger partial charge is 0.249 e. The number of hydrogen-bond donors (Lipinski definition) is 3. The number of hydrogen-bond acceptors (Lipinski definition) is 5. The molecule has 2 saturated heterocycles. The summed E-state index contributed by atoms with van der Waals surface area (Å²) in [6.07, 6.45) is 4.54. The van der Waals surface area contributed by atoms with Crippen molar-refractivity contribution in [3.63, 3.8) is 0 Å². The van der Waals surface area contributed by atoms with Crippen LogP contribution in [0, 0.1) is 12.8 Å². The van der Waals surface area contributed by atoms with Crippen molar-refractivity contribution in [1.29, 1.82) is 0 Å². The van der Waals surface area contributed by atoms with E-state index in [4.69, 9.17) is 0 Å². The molecule has 7 heteroatoms. The second-order valence-corrected chi connectivity index (χ2v) is 10.4. The maximum atomic E-state index is 13.2. The van der Waals surface area contributed by atoms with E-state index in [0.29, 0.717) is 24.7 Å². The highest BCUT2D eigenvalue weighted by atomic mass is 16.2. The van der Waals surface area contributed by atoms with Crippen molar-refractivity contribution in [3.8, 4) is 0 Å². The Morgan fingerprint density at radius 3 is 2.51 bits per heavy atom. The van der Waals surface area contributed by atoms with Gasteiger partial charge in [-0.05, 0) is 74.8 Å². The van der Waals surface area contributed by atoms with Gasteiger partial charge in [-0.3, -0.25) is 19.7 Å². The van der Waals surface area contributed by atoms with E-state index in [1.807, 2.05) is 12.1 Å². The molecule has 2 aliphatic rings. The topological polar surface area (TPSA) is 90.5 Å². The number of nitrogens with zero attached hydrogens (tertiary/aromatic N) is 1. The third-order valence-electron chi connectivity index (χ3n) is 7.69. The predicted molar refractivity (Wildman–Crippen MR) is 146 cm³/mol. The summed E-state index contributed by atoms with van der Waals surface area (Å²) >= 11 is 0. The van der Waals surface area contributed by atoms with Crippen LogP contribution in [0.15, 0.2) is 48.5 Å². The largest absolute Gasteiger partial charge is 0.374 e. The molecule has 4 rings (SSSR count). The van der Waals surface area contributed by atoms with Crippen LogP contribution in [0.25, 0.3) is 0 Å². The Kier molecular flexibility index (Phi) is 9.34. The Morgan fingerprint density at radius 2 is 1.84 bits per heavy atom. The van der Waals surface area contributed by atoms with Gasteiger partial charge in [0.15, 0.2) is 0 Å². The molecule has 198 valence electrons. The second kappa shape index (κ2) is 12.9. The van der Waals surface area contributed by atoms with Crippen molar-refractivity contribution in [2.75, 3.05) is 25.0 Å². The van der Waals surface area contributed by atoms with Gasteiger partial charge in [-0.2, -0.15) is 0 Å². The van der Waals surface area contributed by atoms with Gasteiger partial charge in [0.25, 0.3) is 0 Å². The number of nitrogens with one attached hydrogen (secondary N) is 3. The number of aryl methyl sites for hydroxylation is 1. The third-order valence-corrected chi connectivity index (χ3v) is 7.69. The fourth-order valence-electron chi connectivity index (χ4n) is 5.41. The Labute approximate surface area is 220 Å². The summed E-state index contributed by atoms with van der Waals surface area (Å²) in [6, 6.07) is 16.4. The van der Waals surface area contributed by atoms with Crippen LogP contribution >= 0.6 is 0 Å². The van der Waals surface area contributed by atoms with E-state index in [9.17, 15) is 14.4 Å². The van der Waals surface area contributed by atoms with Crippen molar-refractivity contribution >= 4 is 23.4 Å². The second-order valence-electron chi connectivity index (χ2n) is 10.4. The highest BCUT2D eigenvalue weighted by Crippen LogP contribution is 2.30. The van der Waals surface area contributed by atoms with Gasteiger partial charge in [-0.25, -0.2) is 0 Å². The molecule has 0 bridgehead atoms. The van der Waals surface area contributed by atoms with Crippen LogP contribution in [0.2, 0.25) is 0 Å². The Bertz CT molecular complexity index is 1080. The van der Waals surface area contributed by atoms with Gasteiger partial charge in [0.1, 0.15) is 6.04 Å². The minimum atomic E-state index is -0.373. The van der Waals surface area contributed by atoms with Crippen LogP contribution in [0.4, 0.5) is 5.69 Å². The highest BCUT2D eigenvalue weighted by molar-refractivity contribution is 6.01. The molecule has 0 aromatic heterocycles. The zero-order valence-electron chi connectivity index (χ0n) is 22.1. The van der Waals surface area contributed by atoms with Crippen LogP contribution in [0.3, 0.4) is 0 Å². The number of rotatable bonds is 10. The molecule has 0 saturated carbocycles. The van der Waals surface area contributed by atoms with Crippen LogP contribution in [-0.2, 0) is 20.9 Å². The van der Waals surface area contributed by atoms with Crippen molar-refractivity contribution in [2.24, 2.45) is 5.92 Å². The first-order chi connectivity index (χ1) is 17.9. The molecular formula is C30H40N4O3. The van der Waals surface area contributed by atoms with Crippen LogP contribution in [0.1, 0.15) is 68.1 Å². The summed E-state index contributed by atoms with van der Waals surface area (Å²) in [5.74, 6) is 0.333. The van der Waals surface area contributed by atoms with Crippen LogP contribution in [0.5, 0.6) is 0 Å². The molecule has 0 aliphatic carbocycles. The van der Waals surface area contributed by atoms with Gasteiger partial charge in [-0.15, -0.1) is 0 Å². The van der Waals surface area contributed by atoms with E-state index in [1.165, 1.54) is 16.7 Å². The van der Waals surface area contributed by atoms with Crippen molar-refractivity contribution in [3.05, 3.63) is 65.2 Å². The van der Waals surface area contributed by atoms with E-state index in [2.05, 4.69) is 71.1 Å². The van der Waals surface area contributed by atoms with Crippen LogP contribution < -0.4 is 16.0 Å². The summed E-state index contributed by atoms with van der Waals surface area (Å²) in [7, 11) is 0. The van der Waals surface area contributed by atoms with Gasteiger partial charge >= 0.3 is 0 Å². The van der Waals surface area contributed by atoms with Crippen molar-refractivity contribution in [2.45, 2.75) is 70.9 Å². The monoisotopic (exact) mass is 504 g/mol. The SMILES string of the molecule is CCC(CCNCc1cccc(C)c1)C(=O)N1CCC(c2ccc(NC3CCC(=O)NC3=O)cc2)CC1. The molecule has 2 aromatic carbocycles. The summed E-state index contributed by atoms with van der Waals surface area (Å²) in [6.45, 7) is 7.49. The Hall–Kier alpha value is -3.19. The third kappa shape index (κ3) is 7.41. The van der Waals surface area contributed by atoms with Gasteiger partial charge in [0.05, 0.1) is 0 Å². The van der Waals surface area contributed by atoms with Gasteiger partial charge in [0.2, 0.25) is 17.7 Å². The molecule has 37 heavy (non-hydrogen) atoms. The highest BCUT2D eigenvalue weighted by Gasteiger charge is 2.28. The van der Waals surface area contributed by atoms with E-state index in [-0.39, 0.29) is 23.8 Å². The number of benzene rings is 2. The van der Waals surface area contributed by atoms with Crippen molar-refractivity contribution in [1.82, 2.24) is 15.5 Å². The fraction of sp³-hybridized carbons (Fsp3) is 0.500. The van der Waals surface area contributed by atoms with E-state index in [1.54, 1.807) is 0 Å². The van der Waals surface area contributed by atoms with Gasteiger partial charge in [-0.1, -0.05) is 48.9 Å². The molecule has 3 amide bonds. The number of likely N-dealkylation sites (tertiary alicyclic amines) is 1. The van der Waals surface area contributed by atoms with E-state index >= 15 is 0 Å². The fourth-order valence-corrected chi connectivity index (χ4v) is 5.41. The molecule has 2 fully saturated rings. The first kappa shape index (κ1) is 26.9. The Morgan fingerprint density at radius 1 is 1.08 bits per heavy atom. The quantitative estimate of drug-likeness (QED) is 0.334. The molecule has 2 aliphatic heterocycles. The van der Waals surface area contributed by atoms with E-state index < -0.39 is 0 Å². The van der Waals surface area contributed by atoms with Crippen LogP contribution in [-0.4, -0.2) is 48.3 Å². The number of amides is 3. The van der Waals surface area contributed by atoms with Gasteiger partial charge in [0, 0.05) is 37.7 Å². The molecule has 0 spiro atoms. The summed E-state index contributed by atoms with van der Waals surface area (Å²) in [5, 5.41) is 9.12. The molecule has 0 radical (unpaired) electrons. The molecule has 7 nitrogen and oxygen atoms in total. The number of carbonyl (C=O) groups excluding carboxylic acids is 3. The standard InChI is InChI=1S/C30H40N4O3/c1-3-23(13-16-31-20-22-6-4-5-21(2)19-22)30(37)34-17-14-25(15-18-34)24-7-9-26(10-8-24)32-27-11-12-28(35)33-29(27)36/h4-10,19,23,25,27,31-32H,3,11-18,20H2,1-2H3,(H,33,35,36). The molecule has 3 N–H and O–H groups in total. The predicted octanol–water partition coefficient (Wildman–Crippen LogP) is 4.12. The summed E-state index contributed by atoms with van der Waals surface area (Å²) < 4.78 is 0. The normalized spacial score (nSPS) is 19.4. The first-order valence-electron chi connectivity index (χ1n) is 13.7. The molecule has 2 aromatic rings. The average molecular weight is 505 g/mol. The molecule has 2 atom stereocenters. The molecular weight excluding hydrogens is 464 g/mol. The zero-order chi connectivity index (χ0) is 26.2. The lowest BCUT2D eigenvalue weighted by Crippen LogP contribution is -2.47. The lowest BCUT2D eigenvalue weighted by Gasteiger charge is -2.34. The zero-order valence-corrected chi connectivity index (χ0v) is 22.1. The number of piperidine rings is 2. The van der Waals surface area contributed by atoms with Gasteiger partial charge < -0.3 is 15.5 Å². The van der Waals surface area contributed by atoms with E-state index in [0.717, 1.165) is 57.5 Å². The van der Waals surface area contributed by atoms with Crippen molar-refractivity contribution < 1.29 is 14.4 Å². The number of anilines is 1. The Balaban J connectivity index is 1.20. The summed E-state index contributed by atoms with van der Waals surface area (Å²) in [5.41, 5.74) is 4.70. The summed E-state index contributed by atoms with van der Waals surface area (Å²) in [4.78, 5) is 38.6. The lowest BCUT2D eigenvalue weighted by molar-refractivity contribution is -0.137. The first-order valence-corrected chi connectivity index (χ1v) is 13.7. The average Bonchev–Trinajstić information content (AvgIpc) is 2.91. The number of imide groups is 1. The number of carbonyl (C=O) groups is 3. The molecule has 2 unspecified atom stereocenters. The molecule has 2 heterocycles. The minimum Gasteiger partial charge on any atom is -0.374 e. The maximum absolute atomic E-state index is 13.2. The lowest BCUT2D eigenvalue weighted by atomic mass is 9.88.